The lowest BCUT2D eigenvalue weighted by molar-refractivity contribution is -0.120. The van der Waals surface area contributed by atoms with E-state index in [1.54, 1.807) is 0 Å². The lowest BCUT2D eigenvalue weighted by Gasteiger charge is -2.28. The zero-order valence-corrected chi connectivity index (χ0v) is 10.4. The molecule has 0 heterocycles. The van der Waals surface area contributed by atoms with E-state index in [4.69, 9.17) is 0 Å². The number of nitrogens with one attached hydrogen (secondary N) is 2. The Morgan fingerprint density at radius 3 is 2.88 bits per heavy atom. The zero-order valence-electron chi connectivity index (χ0n) is 10.4. The van der Waals surface area contributed by atoms with Crippen LogP contribution in [-0.4, -0.2) is 31.5 Å². The molecule has 0 bridgehead atoms. The molecule has 1 unspecified atom stereocenters. The third-order valence-electron chi connectivity index (χ3n) is 3.08. The number of hydrogen-bond donors (Lipinski definition) is 2. The Morgan fingerprint density at radius 1 is 1.47 bits per heavy atom. The minimum absolute atomic E-state index is 0.00831. The van der Waals surface area contributed by atoms with Gasteiger partial charge in [0.15, 0.2) is 0 Å². The summed E-state index contributed by atoms with van der Waals surface area (Å²) in [6.07, 6.45) is 1.90. The molecule has 2 N–H and O–H groups in total. The molecular formula is C12H22F2N2O. The monoisotopic (exact) mass is 248 g/mol. The van der Waals surface area contributed by atoms with Gasteiger partial charge in [0.1, 0.15) is 0 Å². The first kappa shape index (κ1) is 14.4. The minimum Gasteiger partial charge on any atom is -0.356 e. The molecule has 1 saturated carbocycles. The van der Waals surface area contributed by atoms with Crippen molar-refractivity contribution >= 4 is 5.91 Å². The van der Waals surface area contributed by atoms with Crippen molar-refractivity contribution in [3.8, 4) is 0 Å². The summed E-state index contributed by atoms with van der Waals surface area (Å²) in [5.41, 5.74) is 0. The van der Waals surface area contributed by atoms with Gasteiger partial charge in [-0.05, 0) is 32.2 Å². The van der Waals surface area contributed by atoms with Gasteiger partial charge in [0, 0.05) is 32.4 Å². The van der Waals surface area contributed by atoms with Crippen molar-refractivity contribution in [3.63, 3.8) is 0 Å². The highest BCUT2D eigenvalue weighted by atomic mass is 19.3. The zero-order chi connectivity index (χ0) is 12.7. The van der Waals surface area contributed by atoms with Gasteiger partial charge < -0.3 is 10.6 Å². The first-order valence-corrected chi connectivity index (χ1v) is 6.39. The van der Waals surface area contributed by atoms with E-state index in [1.807, 2.05) is 6.92 Å². The van der Waals surface area contributed by atoms with Crippen LogP contribution in [-0.2, 0) is 4.79 Å². The third kappa shape index (κ3) is 5.96. The average molecular weight is 248 g/mol. The number of rotatable bonds is 6. The van der Waals surface area contributed by atoms with Gasteiger partial charge >= 0.3 is 0 Å². The van der Waals surface area contributed by atoms with Crippen molar-refractivity contribution in [3.05, 3.63) is 0 Å². The Balaban J connectivity index is 2.08. The van der Waals surface area contributed by atoms with Crippen LogP contribution < -0.4 is 10.6 Å². The summed E-state index contributed by atoms with van der Waals surface area (Å²) in [4.78, 5) is 11.1. The first-order chi connectivity index (χ1) is 8.03. The summed E-state index contributed by atoms with van der Waals surface area (Å²) in [5, 5.41) is 5.79. The molecule has 100 valence electrons. The highest BCUT2D eigenvalue weighted by Gasteiger charge is 2.35. The molecule has 0 aliphatic heterocycles. The maximum absolute atomic E-state index is 13.1. The molecule has 1 aliphatic carbocycles. The molecule has 1 amide bonds. The second-order valence-corrected chi connectivity index (χ2v) is 4.73. The van der Waals surface area contributed by atoms with E-state index in [2.05, 4.69) is 10.6 Å². The van der Waals surface area contributed by atoms with E-state index in [0.29, 0.717) is 32.5 Å². The van der Waals surface area contributed by atoms with Gasteiger partial charge in [-0.3, -0.25) is 4.79 Å². The molecule has 0 spiro atoms. The van der Waals surface area contributed by atoms with Crippen molar-refractivity contribution in [2.75, 3.05) is 19.6 Å². The molecule has 0 radical (unpaired) electrons. The van der Waals surface area contributed by atoms with Gasteiger partial charge in [0.05, 0.1) is 0 Å². The first-order valence-electron chi connectivity index (χ1n) is 6.39. The normalized spacial score (nSPS) is 23.4. The number of hydrogen-bond acceptors (Lipinski definition) is 2. The Kier molecular flexibility index (Phi) is 5.82. The number of halogens is 2. The molecular weight excluding hydrogens is 226 g/mol. The molecule has 1 aliphatic rings. The van der Waals surface area contributed by atoms with Crippen LogP contribution in [0, 0.1) is 5.92 Å². The number of carbonyl (C=O) groups excluding carboxylic acids is 1. The highest BCUT2D eigenvalue weighted by molar-refractivity contribution is 5.75. The summed E-state index contributed by atoms with van der Waals surface area (Å²) in [6.45, 7) is 3.66. The van der Waals surface area contributed by atoms with Crippen molar-refractivity contribution in [2.24, 2.45) is 5.92 Å². The molecule has 1 fully saturated rings. The van der Waals surface area contributed by atoms with Crippen molar-refractivity contribution in [1.29, 1.82) is 0 Å². The fourth-order valence-corrected chi connectivity index (χ4v) is 2.24. The topological polar surface area (TPSA) is 41.1 Å². The Morgan fingerprint density at radius 2 is 2.24 bits per heavy atom. The van der Waals surface area contributed by atoms with Crippen molar-refractivity contribution in [1.82, 2.24) is 10.6 Å². The van der Waals surface area contributed by atoms with E-state index in [-0.39, 0.29) is 24.7 Å². The molecule has 0 aromatic heterocycles. The summed E-state index contributed by atoms with van der Waals surface area (Å²) in [6, 6.07) is 0. The van der Waals surface area contributed by atoms with Gasteiger partial charge in [-0.2, -0.15) is 0 Å². The largest absolute Gasteiger partial charge is 0.356 e. The van der Waals surface area contributed by atoms with Crippen LogP contribution in [0.25, 0.3) is 0 Å². The predicted molar refractivity (Wildman–Crippen MR) is 63.1 cm³/mol. The van der Waals surface area contributed by atoms with Crippen LogP contribution in [0.4, 0.5) is 8.78 Å². The Labute approximate surface area is 101 Å². The van der Waals surface area contributed by atoms with E-state index >= 15 is 0 Å². The van der Waals surface area contributed by atoms with E-state index < -0.39 is 5.92 Å². The molecule has 1 atom stereocenters. The predicted octanol–water partition coefficient (Wildman–Crippen LogP) is 1.93. The van der Waals surface area contributed by atoms with Crippen molar-refractivity contribution < 1.29 is 13.6 Å². The fraction of sp³-hybridized carbons (Fsp3) is 0.917. The molecule has 1 rings (SSSR count). The van der Waals surface area contributed by atoms with E-state index in [1.165, 1.54) is 0 Å². The molecule has 17 heavy (non-hydrogen) atoms. The van der Waals surface area contributed by atoms with E-state index in [0.717, 1.165) is 6.42 Å². The molecule has 0 aromatic rings. The van der Waals surface area contributed by atoms with E-state index in [9.17, 15) is 13.6 Å². The SMILES string of the molecule is CCNC(=O)CCNCC1CCCC(F)(F)C1. The maximum Gasteiger partial charge on any atom is 0.248 e. The third-order valence-corrected chi connectivity index (χ3v) is 3.08. The Bertz CT molecular complexity index is 247. The van der Waals surface area contributed by atoms with Crippen LogP contribution in [0.15, 0.2) is 0 Å². The summed E-state index contributed by atoms with van der Waals surface area (Å²) < 4.78 is 26.2. The summed E-state index contributed by atoms with van der Waals surface area (Å²) >= 11 is 0. The van der Waals surface area contributed by atoms with Gasteiger partial charge in [0.25, 0.3) is 0 Å². The lowest BCUT2D eigenvalue weighted by atomic mass is 9.86. The standard InChI is InChI=1S/C12H22F2N2O/c1-2-16-11(17)5-7-15-9-10-4-3-6-12(13,14)8-10/h10,15H,2-9H2,1H3,(H,16,17). The summed E-state index contributed by atoms with van der Waals surface area (Å²) in [5.74, 6) is -2.42. The molecule has 0 saturated heterocycles. The van der Waals surface area contributed by atoms with Crippen LogP contribution >= 0.6 is 0 Å². The van der Waals surface area contributed by atoms with Gasteiger partial charge in [0.2, 0.25) is 11.8 Å². The highest BCUT2D eigenvalue weighted by Crippen LogP contribution is 2.36. The second-order valence-electron chi connectivity index (χ2n) is 4.73. The second kappa shape index (κ2) is 6.89. The number of alkyl halides is 2. The Hall–Kier alpha value is -0.710. The smallest absolute Gasteiger partial charge is 0.248 e. The van der Waals surface area contributed by atoms with Crippen LogP contribution in [0.5, 0.6) is 0 Å². The van der Waals surface area contributed by atoms with Crippen molar-refractivity contribution in [2.45, 2.75) is 45.0 Å². The lowest BCUT2D eigenvalue weighted by Crippen LogP contribution is -2.34. The number of carbonyl (C=O) groups is 1. The van der Waals surface area contributed by atoms with Gasteiger partial charge in [-0.15, -0.1) is 0 Å². The van der Waals surface area contributed by atoms with Crippen LogP contribution in [0.1, 0.15) is 39.0 Å². The quantitative estimate of drug-likeness (QED) is 0.705. The van der Waals surface area contributed by atoms with Gasteiger partial charge in [-0.1, -0.05) is 0 Å². The average Bonchev–Trinajstić information content (AvgIpc) is 2.23. The molecule has 0 aromatic carbocycles. The van der Waals surface area contributed by atoms with Gasteiger partial charge in [-0.25, -0.2) is 8.78 Å². The maximum atomic E-state index is 13.1. The van der Waals surface area contributed by atoms with Crippen LogP contribution in [0.2, 0.25) is 0 Å². The fourth-order valence-electron chi connectivity index (χ4n) is 2.24. The minimum atomic E-state index is -2.48. The number of amides is 1. The molecule has 3 nitrogen and oxygen atoms in total. The summed E-state index contributed by atoms with van der Waals surface area (Å²) in [7, 11) is 0. The molecule has 5 heteroatoms. The van der Waals surface area contributed by atoms with Crippen LogP contribution in [0.3, 0.4) is 0 Å².